The highest BCUT2D eigenvalue weighted by atomic mass is 32.2. The van der Waals surface area contributed by atoms with E-state index in [-0.39, 0.29) is 32.8 Å². The third-order valence-electron chi connectivity index (χ3n) is 4.59. The number of primary amides is 1. The molecule has 3 rings (SSSR count). The summed E-state index contributed by atoms with van der Waals surface area (Å²) in [6, 6.07) is 4.67. The van der Waals surface area contributed by atoms with Crippen molar-refractivity contribution in [3.05, 3.63) is 53.2 Å². The van der Waals surface area contributed by atoms with Gasteiger partial charge in [-0.05, 0) is 43.7 Å². The number of nitrogens with two attached hydrogens (primary N) is 1. The first-order valence-corrected chi connectivity index (χ1v) is 11.9. The smallest absolute Gasteiger partial charge is 0.303 e. The second kappa shape index (κ2) is 9.21. The Kier molecular flexibility index (Phi) is 6.89. The Bertz CT molecular complexity index is 1330. The number of anilines is 3. The molecule has 10 nitrogen and oxygen atoms in total. The number of aromatic nitrogens is 2. The molecule has 182 valence electrons. The highest BCUT2D eigenvalue weighted by Gasteiger charge is 2.24. The molecule has 0 aliphatic rings. The Balaban J connectivity index is 2.00. The van der Waals surface area contributed by atoms with Crippen LogP contribution >= 0.6 is 11.3 Å². The number of carbonyl (C=O) groups excluding carboxylic acids is 1. The molecular weight excluding hydrogens is 490 g/mol. The number of aliphatic hydroxyl groups is 1. The third kappa shape index (κ3) is 5.47. The molecule has 0 aliphatic heterocycles. The lowest BCUT2D eigenvalue weighted by atomic mass is 9.96. The molecule has 0 radical (unpaired) electrons. The first kappa shape index (κ1) is 25.4. The van der Waals surface area contributed by atoms with Crippen LogP contribution in [-0.4, -0.2) is 47.8 Å². The van der Waals surface area contributed by atoms with Gasteiger partial charge >= 0.3 is 10.2 Å². The monoisotopic (exact) mass is 512 g/mol. The van der Waals surface area contributed by atoms with Gasteiger partial charge < -0.3 is 16.2 Å². The van der Waals surface area contributed by atoms with Gasteiger partial charge in [0.05, 0.1) is 16.7 Å². The highest BCUT2D eigenvalue weighted by molar-refractivity contribution is 7.90. The summed E-state index contributed by atoms with van der Waals surface area (Å²) in [5.74, 6) is -2.86. The predicted octanol–water partition coefficient (Wildman–Crippen LogP) is 2.77. The molecule has 0 spiro atoms. The van der Waals surface area contributed by atoms with E-state index in [0.717, 1.165) is 27.8 Å². The summed E-state index contributed by atoms with van der Waals surface area (Å²) >= 11 is 0.840. The van der Waals surface area contributed by atoms with Gasteiger partial charge in [-0.15, -0.1) is 11.3 Å². The Morgan fingerprint density at radius 3 is 2.35 bits per heavy atom. The van der Waals surface area contributed by atoms with E-state index in [9.17, 15) is 27.1 Å². The molecule has 5 N–H and O–H groups in total. The van der Waals surface area contributed by atoms with Gasteiger partial charge in [0.15, 0.2) is 0 Å². The number of nitrogens with zero attached hydrogens (tertiary/aromatic N) is 3. The second-order valence-corrected chi connectivity index (χ2v) is 10.8. The fourth-order valence-electron chi connectivity index (χ4n) is 2.75. The number of carbonyl (C=O) groups is 1. The molecular formula is C20H22F2N6O4S2. The molecule has 0 atom stereocenters. The van der Waals surface area contributed by atoms with Gasteiger partial charge in [0.2, 0.25) is 5.95 Å². The van der Waals surface area contributed by atoms with Crippen LogP contribution in [0.15, 0.2) is 30.5 Å². The van der Waals surface area contributed by atoms with Crippen LogP contribution < -0.4 is 15.8 Å². The van der Waals surface area contributed by atoms with Crippen molar-refractivity contribution in [3.63, 3.8) is 0 Å². The summed E-state index contributed by atoms with van der Waals surface area (Å²) in [6.07, 6.45) is 1.27. The lowest BCUT2D eigenvalue weighted by molar-refractivity contribution is 0.0778. The van der Waals surface area contributed by atoms with E-state index in [0.29, 0.717) is 0 Å². The van der Waals surface area contributed by atoms with E-state index in [4.69, 9.17) is 5.73 Å². The van der Waals surface area contributed by atoms with Crippen LogP contribution in [0.1, 0.15) is 29.8 Å². The van der Waals surface area contributed by atoms with Gasteiger partial charge in [0, 0.05) is 25.2 Å². The van der Waals surface area contributed by atoms with Crippen molar-refractivity contribution in [2.45, 2.75) is 19.4 Å². The quantitative estimate of drug-likeness (QED) is 0.362. The highest BCUT2D eigenvalue weighted by Crippen LogP contribution is 2.40. The summed E-state index contributed by atoms with van der Waals surface area (Å²) in [6.45, 7) is 2.79. The van der Waals surface area contributed by atoms with Crippen molar-refractivity contribution in [1.82, 2.24) is 14.3 Å². The lowest BCUT2D eigenvalue weighted by Crippen LogP contribution is -2.29. The van der Waals surface area contributed by atoms with Crippen LogP contribution in [0, 0.1) is 11.6 Å². The maximum atomic E-state index is 14.8. The molecule has 34 heavy (non-hydrogen) atoms. The molecule has 2 heterocycles. The number of hydrogen-bond donors (Lipinski definition) is 4. The normalized spacial score (nSPS) is 12.1. The average Bonchev–Trinajstić information content (AvgIpc) is 3.10. The van der Waals surface area contributed by atoms with Crippen molar-refractivity contribution in [2.75, 3.05) is 24.1 Å². The Morgan fingerprint density at radius 1 is 1.21 bits per heavy atom. The van der Waals surface area contributed by atoms with Crippen molar-refractivity contribution in [2.24, 2.45) is 5.73 Å². The van der Waals surface area contributed by atoms with E-state index < -0.39 is 38.9 Å². The number of benzene rings is 1. The number of amides is 1. The minimum Gasteiger partial charge on any atom is -0.386 e. The van der Waals surface area contributed by atoms with Gasteiger partial charge in [-0.2, -0.15) is 17.7 Å². The fourth-order valence-corrected chi connectivity index (χ4v) is 4.38. The Morgan fingerprint density at radius 2 is 1.82 bits per heavy atom. The summed E-state index contributed by atoms with van der Waals surface area (Å²) < 4.78 is 56.7. The minimum atomic E-state index is -3.86. The van der Waals surface area contributed by atoms with Crippen LogP contribution in [0.2, 0.25) is 0 Å². The fraction of sp³-hybridized carbons (Fsp3) is 0.250. The van der Waals surface area contributed by atoms with Crippen LogP contribution in [-0.2, 0) is 15.8 Å². The predicted molar refractivity (Wildman–Crippen MR) is 125 cm³/mol. The largest absolute Gasteiger partial charge is 0.386 e. The van der Waals surface area contributed by atoms with E-state index in [1.165, 1.54) is 46.3 Å². The van der Waals surface area contributed by atoms with Gasteiger partial charge in [-0.1, -0.05) is 0 Å². The zero-order valence-electron chi connectivity index (χ0n) is 18.6. The molecule has 0 bridgehead atoms. The zero-order valence-corrected chi connectivity index (χ0v) is 20.2. The van der Waals surface area contributed by atoms with Gasteiger partial charge in [-0.3, -0.25) is 4.79 Å². The van der Waals surface area contributed by atoms with E-state index >= 15 is 0 Å². The second-order valence-electron chi connectivity index (χ2n) is 7.87. The molecule has 2 aromatic heterocycles. The molecule has 0 saturated heterocycles. The molecule has 0 saturated carbocycles. The maximum absolute atomic E-state index is 14.8. The number of hydrogen-bond acceptors (Lipinski definition) is 8. The molecule has 14 heteroatoms. The first-order chi connectivity index (χ1) is 15.7. The molecule has 1 amide bonds. The summed E-state index contributed by atoms with van der Waals surface area (Å²) in [4.78, 5) is 19.9. The molecule has 0 unspecified atom stereocenters. The molecule has 0 aliphatic carbocycles. The Labute approximate surface area is 198 Å². The van der Waals surface area contributed by atoms with Gasteiger partial charge in [0.1, 0.15) is 22.5 Å². The first-order valence-electron chi connectivity index (χ1n) is 9.65. The SMILES string of the molecule is CN(C)S(=O)(=O)Nc1nccc(Nc2sc(-c3c(F)cc(C(C)(C)O)cc3F)cc2C(N)=O)n1. The Hall–Kier alpha value is -3.20. The van der Waals surface area contributed by atoms with E-state index in [2.05, 4.69) is 20.0 Å². The van der Waals surface area contributed by atoms with Crippen molar-refractivity contribution in [1.29, 1.82) is 0 Å². The van der Waals surface area contributed by atoms with Gasteiger partial charge in [0.25, 0.3) is 5.91 Å². The average molecular weight is 513 g/mol. The van der Waals surface area contributed by atoms with Crippen LogP contribution in [0.4, 0.5) is 25.5 Å². The third-order valence-corrected chi connectivity index (χ3v) is 7.06. The summed E-state index contributed by atoms with van der Waals surface area (Å²) in [7, 11) is -1.22. The van der Waals surface area contributed by atoms with E-state index in [1.54, 1.807) is 0 Å². The minimum absolute atomic E-state index is 0.0463. The number of thiophene rings is 1. The topological polar surface area (TPSA) is 151 Å². The lowest BCUT2D eigenvalue weighted by Gasteiger charge is -2.18. The van der Waals surface area contributed by atoms with Crippen LogP contribution in [0.3, 0.4) is 0 Å². The summed E-state index contributed by atoms with van der Waals surface area (Å²) in [5, 5.41) is 13.0. The van der Waals surface area contributed by atoms with Crippen LogP contribution in [0.5, 0.6) is 0 Å². The zero-order chi connectivity index (χ0) is 25.4. The summed E-state index contributed by atoms with van der Waals surface area (Å²) in [5.41, 5.74) is 3.58. The maximum Gasteiger partial charge on any atom is 0.303 e. The van der Waals surface area contributed by atoms with Crippen molar-refractivity contribution >= 4 is 44.2 Å². The van der Waals surface area contributed by atoms with Crippen molar-refractivity contribution in [3.8, 4) is 10.4 Å². The number of halogens is 2. The molecule has 3 aromatic rings. The van der Waals surface area contributed by atoms with E-state index in [1.807, 2.05) is 0 Å². The number of rotatable bonds is 8. The van der Waals surface area contributed by atoms with Gasteiger partial charge in [-0.25, -0.2) is 18.5 Å². The molecule has 0 fully saturated rings. The standard InChI is InChI=1S/C20H22F2N6O4S2/c1-20(2,30)10-7-12(21)16(13(22)8-10)14-9-11(17(23)29)18(33-14)25-15-5-6-24-19(26-15)27-34(31,32)28(3)4/h5-9,30H,1-4H3,(H2,23,29)(H2,24,25,26,27). The van der Waals surface area contributed by atoms with Crippen molar-refractivity contribution < 1.29 is 27.1 Å². The molecule has 1 aromatic carbocycles. The van der Waals surface area contributed by atoms with Crippen LogP contribution in [0.25, 0.3) is 10.4 Å². The number of nitrogens with one attached hydrogen (secondary N) is 2.